The first kappa shape index (κ1) is 13.3. The summed E-state index contributed by atoms with van der Waals surface area (Å²) in [5.41, 5.74) is 5.97. The second-order valence-electron chi connectivity index (χ2n) is 5.09. The van der Waals surface area contributed by atoms with Gasteiger partial charge in [0.15, 0.2) is 0 Å². The molecule has 2 N–H and O–H groups in total. The molecule has 0 bridgehead atoms. The number of amides is 2. The van der Waals surface area contributed by atoms with Gasteiger partial charge in [0.2, 0.25) is 0 Å². The standard InChI is InChI=1S/C12H25N3O/c1-10(2)11(13)6-9-14(3)12(16)15-7-4-5-8-15/h10-11H,4-9,13H2,1-3H3. The van der Waals surface area contributed by atoms with Crippen molar-refractivity contribution in [2.75, 3.05) is 26.7 Å². The summed E-state index contributed by atoms with van der Waals surface area (Å²) in [6.07, 6.45) is 3.17. The molecule has 1 heterocycles. The minimum absolute atomic E-state index is 0.161. The van der Waals surface area contributed by atoms with Gasteiger partial charge in [0.25, 0.3) is 0 Å². The van der Waals surface area contributed by atoms with Crippen LogP contribution in [0, 0.1) is 5.92 Å². The summed E-state index contributed by atoms with van der Waals surface area (Å²) in [7, 11) is 1.87. The SMILES string of the molecule is CC(C)C(N)CCN(C)C(=O)N1CCCC1. The van der Waals surface area contributed by atoms with Gasteiger partial charge >= 0.3 is 6.03 Å². The topological polar surface area (TPSA) is 49.6 Å². The van der Waals surface area contributed by atoms with Gasteiger partial charge in [0.05, 0.1) is 0 Å². The van der Waals surface area contributed by atoms with Crippen LogP contribution in [0.15, 0.2) is 0 Å². The van der Waals surface area contributed by atoms with Gasteiger partial charge in [-0.25, -0.2) is 4.79 Å². The molecule has 1 rings (SSSR count). The molecular formula is C12H25N3O. The fourth-order valence-electron chi connectivity index (χ4n) is 1.92. The van der Waals surface area contributed by atoms with E-state index in [-0.39, 0.29) is 12.1 Å². The van der Waals surface area contributed by atoms with E-state index in [2.05, 4.69) is 13.8 Å². The summed E-state index contributed by atoms with van der Waals surface area (Å²) >= 11 is 0. The van der Waals surface area contributed by atoms with E-state index in [1.165, 1.54) is 0 Å². The largest absolute Gasteiger partial charge is 0.328 e. The summed E-state index contributed by atoms with van der Waals surface area (Å²) < 4.78 is 0. The molecule has 0 spiro atoms. The highest BCUT2D eigenvalue weighted by Gasteiger charge is 2.21. The second kappa shape index (κ2) is 6.09. The first-order valence-corrected chi connectivity index (χ1v) is 6.28. The predicted molar refractivity (Wildman–Crippen MR) is 66.3 cm³/mol. The van der Waals surface area contributed by atoms with E-state index in [0.717, 1.165) is 38.9 Å². The van der Waals surface area contributed by atoms with E-state index in [0.29, 0.717) is 5.92 Å². The maximum Gasteiger partial charge on any atom is 0.319 e. The number of rotatable bonds is 4. The quantitative estimate of drug-likeness (QED) is 0.791. The van der Waals surface area contributed by atoms with Crippen LogP contribution in [-0.2, 0) is 0 Å². The molecule has 1 aliphatic rings. The van der Waals surface area contributed by atoms with Crippen LogP contribution in [0.2, 0.25) is 0 Å². The van der Waals surface area contributed by atoms with Crippen LogP contribution >= 0.6 is 0 Å². The first-order valence-electron chi connectivity index (χ1n) is 6.28. The lowest BCUT2D eigenvalue weighted by Gasteiger charge is -2.26. The van der Waals surface area contributed by atoms with Crippen LogP contribution in [0.5, 0.6) is 0 Å². The van der Waals surface area contributed by atoms with Gasteiger partial charge in [0.1, 0.15) is 0 Å². The smallest absolute Gasteiger partial charge is 0.319 e. The summed E-state index contributed by atoms with van der Waals surface area (Å²) in [4.78, 5) is 15.7. The Balaban J connectivity index is 2.28. The summed E-state index contributed by atoms with van der Waals surface area (Å²) in [6.45, 7) is 6.83. The summed E-state index contributed by atoms with van der Waals surface area (Å²) in [6, 6.07) is 0.349. The zero-order valence-corrected chi connectivity index (χ0v) is 10.8. The zero-order chi connectivity index (χ0) is 12.1. The Morgan fingerprint density at radius 3 is 2.44 bits per heavy atom. The van der Waals surface area contributed by atoms with Crippen molar-refractivity contribution in [2.45, 2.75) is 39.2 Å². The lowest BCUT2D eigenvalue weighted by molar-refractivity contribution is 0.171. The number of nitrogens with two attached hydrogens (primary N) is 1. The molecule has 0 aromatic carbocycles. The fourth-order valence-corrected chi connectivity index (χ4v) is 1.92. The van der Waals surface area contributed by atoms with Crippen LogP contribution in [-0.4, -0.2) is 48.6 Å². The molecule has 0 saturated carbocycles. The molecule has 94 valence electrons. The Hall–Kier alpha value is -0.770. The van der Waals surface area contributed by atoms with Crippen LogP contribution in [0.4, 0.5) is 4.79 Å². The van der Waals surface area contributed by atoms with Crippen LogP contribution in [0.1, 0.15) is 33.1 Å². The molecule has 1 aliphatic heterocycles. The average Bonchev–Trinajstić information content (AvgIpc) is 2.77. The van der Waals surface area contributed by atoms with E-state index < -0.39 is 0 Å². The molecule has 2 amide bonds. The van der Waals surface area contributed by atoms with Gasteiger partial charge in [0, 0.05) is 32.7 Å². The molecule has 1 saturated heterocycles. The third-order valence-corrected chi connectivity index (χ3v) is 3.36. The molecular weight excluding hydrogens is 202 g/mol. The second-order valence-corrected chi connectivity index (χ2v) is 5.09. The van der Waals surface area contributed by atoms with Gasteiger partial charge < -0.3 is 15.5 Å². The lowest BCUT2D eigenvalue weighted by Crippen LogP contribution is -2.41. The van der Waals surface area contributed by atoms with Gasteiger partial charge in [-0.05, 0) is 25.2 Å². The Bertz CT molecular complexity index is 224. The fraction of sp³-hybridized carbons (Fsp3) is 0.917. The van der Waals surface area contributed by atoms with Crippen molar-refractivity contribution in [3.05, 3.63) is 0 Å². The van der Waals surface area contributed by atoms with Crippen LogP contribution in [0.3, 0.4) is 0 Å². The Morgan fingerprint density at radius 2 is 1.94 bits per heavy atom. The maximum absolute atomic E-state index is 11.9. The van der Waals surface area contributed by atoms with Crippen LogP contribution < -0.4 is 5.73 Å². The lowest BCUT2D eigenvalue weighted by atomic mass is 10.0. The first-order chi connectivity index (χ1) is 7.52. The number of hydrogen-bond donors (Lipinski definition) is 1. The number of carbonyl (C=O) groups is 1. The van der Waals surface area contributed by atoms with E-state index in [4.69, 9.17) is 5.73 Å². The van der Waals surface area contributed by atoms with Crippen molar-refractivity contribution < 1.29 is 4.79 Å². The molecule has 0 aromatic heterocycles. The third kappa shape index (κ3) is 3.67. The minimum Gasteiger partial charge on any atom is -0.328 e. The molecule has 1 unspecified atom stereocenters. The van der Waals surface area contributed by atoms with E-state index in [9.17, 15) is 4.79 Å². The van der Waals surface area contributed by atoms with Crippen molar-refractivity contribution >= 4 is 6.03 Å². The van der Waals surface area contributed by atoms with Crippen molar-refractivity contribution in [1.82, 2.24) is 9.80 Å². The zero-order valence-electron chi connectivity index (χ0n) is 10.8. The number of nitrogens with zero attached hydrogens (tertiary/aromatic N) is 2. The maximum atomic E-state index is 11.9. The minimum atomic E-state index is 0.161. The molecule has 4 heteroatoms. The van der Waals surface area contributed by atoms with Crippen molar-refractivity contribution in [3.8, 4) is 0 Å². The molecule has 0 aromatic rings. The van der Waals surface area contributed by atoms with Gasteiger partial charge in [-0.3, -0.25) is 0 Å². The molecule has 16 heavy (non-hydrogen) atoms. The Morgan fingerprint density at radius 1 is 1.38 bits per heavy atom. The van der Waals surface area contributed by atoms with Crippen LogP contribution in [0.25, 0.3) is 0 Å². The molecule has 1 atom stereocenters. The third-order valence-electron chi connectivity index (χ3n) is 3.36. The van der Waals surface area contributed by atoms with E-state index in [1.807, 2.05) is 11.9 Å². The molecule has 0 aliphatic carbocycles. The number of hydrogen-bond acceptors (Lipinski definition) is 2. The highest BCUT2D eigenvalue weighted by molar-refractivity contribution is 5.74. The average molecular weight is 227 g/mol. The molecule has 0 radical (unpaired) electrons. The predicted octanol–water partition coefficient (Wildman–Crippen LogP) is 1.51. The summed E-state index contributed by atoms with van der Waals surface area (Å²) in [5, 5.41) is 0. The number of urea groups is 1. The van der Waals surface area contributed by atoms with Gasteiger partial charge in [-0.15, -0.1) is 0 Å². The molecule has 4 nitrogen and oxygen atoms in total. The monoisotopic (exact) mass is 227 g/mol. The van der Waals surface area contributed by atoms with E-state index in [1.54, 1.807) is 4.90 Å². The Labute approximate surface area is 98.8 Å². The van der Waals surface area contributed by atoms with Crippen molar-refractivity contribution in [3.63, 3.8) is 0 Å². The van der Waals surface area contributed by atoms with Crippen molar-refractivity contribution in [1.29, 1.82) is 0 Å². The Kier molecular flexibility index (Phi) is 5.06. The van der Waals surface area contributed by atoms with Gasteiger partial charge in [-0.1, -0.05) is 13.8 Å². The number of carbonyl (C=O) groups excluding carboxylic acids is 1. The molecule has 1 fully saturated rings. The van der Waals surface area contributed by atoms with Crippen molar-refractivity contribution in [2.24, 2.45) is 11.7 Å². The highest BCUT2D eigenvalue weighted by atomic mass is 16.2. The highest BCUT2D eigenvalue weighted by Crippen LogP contribution is 2.11. The normalized spacial score (nSPS) is 17.9. The van der Waals surface area contributed by atoms with Gasteiger partial charge in [-0.2, -0.15) is 0 Å². The number of likely N-dealkylation sites (tertiary alicyclic amines) is 1. The van der Waals surface area contributed by atoms with E-state index >= 15 is 0 Å². The summed E-state index contributed by atoms with van der Waals surface area (Å²) in [5.74, 6) is 0.482.